The molecule has 0 unspecified atom stereocenters. The van der Waals surface area contributed by atoms with Gasteiger partial charge in [0.05, 0.1) is 14.2 Å². The van der Waals surface area contributed by atoms with E-state index in [0.717, 1.165) is 24.1 Å². The molecule has 2 aromatic carbocycles. The Labute approximate surface area is 143 Å². The molecule has 0 saturated heterocycles. The minimum atomic E-state index is -0.261. The molecular formula is C19H24N2O3. The zero-order valence-corrected chi connectivity index (χ0v) is 14.4. The van der Waals surface area contributed by atoms with E-state index in [1.807, 2.05) is 42.5 Å². The lowest BCUT2D eigenvalue weighted by Gasteiger charge is -2.13. The van der Waals surface area contributed by atoms with Crippen LogP contribution in [0.15, 0.2) is 42.5 Å². The molecule has 0 radical (unpaired) electrons. The van der Waals surface area contributed by atoms with Gasteiger partial charge < -0.3 is 20.1 Å². The van der Waals surface area contributed by atoms with Gasteiger partial charge in [-0.15, -0.1) is 0 Å². The maximum absolute atomic E-state index is 12.1. The molecule has 2 N–H and O–H groups in total. The Hall–Kier alpha value is -2.69. The first kappa shape index (κ1) is 17.7. The Balaban J connectivity index is 1.93. The van der Waals surface area contributed by atoms with E-state index in [0.29, 0.717) is 18.0 Å². The predicted molar refractivity (Wildman–Crippen MR) is 95.8 cm³/mol. The van der Waals surface area contributed by atoms with Crippen molar-refractivity contribution in [1.82, 2.24) is 5.32 Å². The molecule has 0 aromatic heterocycles. The summed E-state index contributed by atoms with van der Waals surface area (Å²) in [6, 6.07) is 13.2. The van der Waals surface area contributed by atoms with Crippen molar-refractivity contribution in [2.75, 3.05) is 19.5 Å². The quantitative estimate of drug-likeness (QED) is 0.808. The first-order chi connectivity index (χ1) is 11.7. The number of carbonyl (C=O) groups excluding carboxylic acids is 1. The van der Waals surface area contributed by atoms with Gasteiger partial charge in [0.25, 0.3) is 0 Å². The van der Waals surface area contributed by atoms with Crippen molar-refractivity contribution < 1.29 is 14.3 Å². The monoisotopic (exact) mass is 328 g/mol. The molecule has 0 spiro atoms. The van der Waals surface area contributed by atoms with Crippen LogP contribution in [0.5, 0.6) is 11.5 Å². The highest BCUT2D eigenvalue weighted by Gasteiger charge is 2.10. The maximum atomic E-state index is 12.1. The molecular weight excluding hydrogens is 304 g/mol. The van der Waals surface area contributed by atoms with Gasteiger partial charge in [-0.1, -0.05) is 37.6 Å². The zero-order valence-electron chi connectivity index (χ0n) is 14.4. The number of amides is 2. The molecule has 2 rings (SSSR count). The summed E-state index contributed by atoms with van der Waals surface area (Å²) < 4.78 is 10.6. The molecule has 2 aromatic rings. The summed E-state index contributed by atoms with van der Waals surface area (Å²) in [4.78, 5) is 12.1. The topological polar surface area (TPSA) is 59.6 Å². The second-order valence-electron chi connectivity index (χ2n) is 5.41. The second kappa shape index (κ2) is 8.82. The van der Waals surface area contributed by atoms with Gasteiger partial charge >= 0.3 is 6.03 Å². The Bertz CT molecular complexity index is 669. The number of rotatable bonds is 7. The van der Waals surface area contributed by atoms with Crippen molar-refractivity contribution in [3.05, 3.63) is 53.6 Å². The lowest BCUT2D eigenvalue weighted by molar-refractivity contribution is 0.251. The summed E-state index contributed by atoms with van der Waals surface area (Å²) in [6.07, 6.45) is 2.15. The van der Waals surface area contributed by atoms with E-state index in [2.05, 4.69) is 17.6 Å². The van der Waals surface area contributed by atoms with Gasteiger partial charge in [0, 0.05) is 17.8 Å². The fourth-order valence-electron chi connectivity index (χ4n) is 2.49. The van der Waals surface area contributed by atoms with Crippen molar-refractivity contribution in [3.8, 4) is 11.5 Å². The lowest BCUT2D eigenvalue weighted by atomic mass is 10.1. The molecule has 0 fully saturated rings. The number of para-hydroxylation sites is 1. The van der Waals surface area contributed by atoms with E-state index in [1.165, 1.54) is 5.56 Å². The minimum Gasteiger partial charge on any atom is -0.493 e. The first-order valence-electron chi connectivity index (χ1n) is 8.01. The molecule has 2 amide bonds. The molecule has 0 saturated carbocycles. The van der Waals surface area contributed by atoms with Crippen LogP contribution in [0.1, 0.15) is 24.5 Å². The van der Waals surface area contributed by atoms with Crippen LogP contribution in [-0.4, -0.2) is 20.3 Å². The number of hydrogen-bond donors (Lipinski definition) is 2. The van der Waals surface area contributed by atoms with E-state index in [1.54, 1.807) is 14.2 Å². The van der Waals surface area contributed by atoms with E-state index in [9.17, 15) is 4.79 Å². The molecule has 5 nitrogen and oxygen atoms in total. The summed E-state index contributed by atoms with van der Waals surface area (Å²) >= 11 is 0. The maximum Gasteiger partial charge on any atom is 0.319 e. The SMILES string of the molecule is CCCc1ccc(NC(=O)NCc2cccc(OC)c2OC)cc1. The number of urea groups is 1. The number of aryl methyl sites for hydroxylation is 1. The van der Waals surface area contributed by atoms with Gasteiger partial charge in [-0.3, -0.25) is 0 Å². The lowest BCUT2D eigenvalue weighted by Crippen LogP contribution is -2.28. The number of benzene rings is 2. The minimum absolute atomic E-state index is 0.261. The number of methoxy groups -OCH3 is 2. The van der Waals surface area contributed by atoms with Gasteiger partial charge in [-0.2, -0.15) is 0 Å². The average molecular weight is 328 g/mol. The predicted octanol–water partition coefficient (Wildman–Crippen LogP) is 3.98. The summed E-state index contributed by atoms with van der Waals surface area (Å²) in [5.41, 5.74) is 2.89. The number of ether oxygens (including phenoxy) is 2. The largest absolute Gasteiger partial charge is 0.493 e. The molecule has 0 atom stereocenters. The summed E-state index contributed by atoms with van der Waals surface area (Å²) in [5, 5.41) is 5.65. The Morgan fingerprint density at radius 3 is 2.42 bits per heavy atom. The molecule has 5 heteroatoms. The van der Waals surface area contributed by atoms with Gasteiger partial charge in [-0.05, 0) is 30.2 Å². The highest BCUT2D eigenvalue weighted by Crippen LogP contribution is 2.30. The van der Waals surface area contributed by atoms with Gasteiger partial charge in [-0.25, -0.2) is 4.79 Å². The smallest absolute Gasteiger partial charge is 0.319 e. The molecule has 0 heterocycles. The van der Waals surface area contributed by atoms with Gasteiger partial charge in [0.1, 0.15) is 0 Å². The number of anilines is 1. The molecule has 128 valence electrons. The van der Waals surface area contributed by atoms with Crippen LogP contribution >= 0.6 is 0 Å². The van der Waals surface area contributed by atoms with Crippen LogP contribution in [0.25, 0.3) is 0 Å². The third-order valence-electron chi connectivity index (χ3n) is 3.67. The molecule has 0 aliphatic heterocycles. The highest BCUT2D eigenvalue weighted by molar-refractivity contribution is 5.89. The normalized spacial score (nSPS) is 10.1. The van der Waals surface area contributed by atoms with Crippen LogP contribution in [0.3, 0.4) is 0 Å². The van der Waals surface area contributed by atoms with E-state index in [4.69, 9.17) is 9.47 Å². The highest BCUT2D eigenvalue weighted by atomic mass is 16.5. The van der Waals surface area contributed by atoms with Crippen molar-refractivity contribution >= 4 is 11.7 Å². The van der Waals surface area contributed by atoms with E-state index in [-0.39, 0.29) is 6.03 Å². The summed E-state index contributed by atoms with van der Waals surface area (Å²) in [5.74, 6) is 1.27. The third-order valence-corrected chi connectivity index (χ3v) is 3.67. The van der Waals surface area contributed by atoms with Crippen molar-refractivity contribution in [2.45, 2.75) is 26.3 Å². The number of nitrogens with one attached hydrogen (secondary N) is 2. The Kier molecular flexibility index (Phi) is 6.49. The second-order valence-corrected chi connectivity index (χ2v) is 5.41. The summed E-state index contributed by atoms with van der Waals surface area (Å²) in [7, 11) is 3.17. The molecule has 0 aliphatic rings. The standard InChI is InChI=1S/C19H24N2O3/c1-4-6-14-9-11-16(12-10-14)21-19(22)20-13-15-7-5-8-17(23-2)18(15)24-3/h5,7-12H,4,6,13H2,1-3H3,(H2,20,21,22). The molecule has 0 bridgehead atoms. The Morgan fingerprint density at radius 2 is 1.79 bits per heavy atom. The fraction of sp³-hybridized carbons (Fsp3) is 0.316. The van der Waals surface area contributed by atoms with Crippen LogP contribution in [0, 0.1) is 0 Å². The van der Waals surface area contributed by atoms with Crippen LogP contribution in [-0.2, 0) is 13.0 Å². The molecule has 24 heavy (non-hydrogen) atoms. The van der Waals surface area contributed by atoms with Crippen LogP contribution in [0.4, 0.5) is 10.5 Å². The number of hydrogen-bond acceptors (Lipinski definition) is 3. The van der Waals surface area contributed by atoms with Crippen molar-refractivity contribution in [3.63, 3.8) is 0 Å². The molecule has 0 aliphatic carbocycles. The van der Waals surface area contributed by atoms with Crippen molar-refractivity contribution in [1.29, 1.82) is 0 Å². The van der Waals surface area contributed by atoms with E-state index < -0.39 is 0 Å². The van der Waals surface area contributed by atoms with Crippen molar-refractivity contribution in [2.24, 2.45) is 0 Å². The average Bonchev–Trinajstić information content (AvgIpc) is 2.61. The first-order valence-corrected chi connectivity index (χ1v) is 8.01. The van der Waals surface area contributed by atoms with Gasteiger partial charge in [0.15, 0.2) is 11.5 Å². The van der Waals surface area contributed by atoms with Crippen LogP contribution in [0.2, 0.25) is 0 Å². The number of carbonyl (C=O) groups is 1. The Morgan fingerprint density at radius 1 is 1.04 bits per heavy atom. The van der Waals surface area contributed by atoms with E-state index >= 15 is 0 Å². The summed E-state index contributed by atoms with van der Waals surface area (Å²) in [6.45, 7) is 2.49. The van der Waals surface area contributed by atoms with Gasteiger partial charge in [0.2, 0.25) is 0 Å². The van der Waals surface area contributed by atoms with Crippen LogP contribution < -0.4 is 20.1 Å². The zero-order chi connectivity index (χ0) is 17.4. The third kappa shape index (κ3) is 4.65. The fourth-order valence-corrected chi connectivity index (χ4v) is 2.49.